The predicted molar refractivity (Wildman–Crippen MR) is 71.0 cm³/mol. The molecule has 1 aromatic carbocycles. The lowest BCUT2D eigenvalue weighted by Crippen LogP contribution is -2.23. The standard InChI is InChI=1S/C12H12BrFN2O2/c13-9-3-7-1-2-12(15-5-8(18)6-17)16-11(7)4-10(9)14/h1-4,8,17-18H,5-6H2,(H,15,16). The van der Waals surface area contributed by atoms with Crippen LogP contribution >= 0.6 is 15.9 Å². The highest BCUT2D eigenvalue weighted by atomic mass is 79.9. The van der Waals surface area contributed by atoms with Crippen LogP contribution in [0.3, 0.4) is 0 Å². The SMILES string of the molecule is OCC(O)CNc1ccc2cc(Br)c(F)cc2n1. The first-order valence-electron chi connectivity index (χ1n) is 5.39. The van der Waals surface area contributed by atoms with E-state index in [1.165, 1.54) is 6.07 Å². The zero-order chi connectivity index (χ0) is 13.1. The van der Waals surface area contributed by atoms with Crippen molar-refractivity contribution in [3.05, 3.63) is 34.6 Å². The maximum absolute atomic E-state index is 13.4. The van der Waals surface area contributed by atoms with Crippen molar-refractivity contribution in [2.75, 3.05) is 18.5 Å². The maximum Gasteiger partial charge on any atom is 0.139 e. The maximum atomic E-state index is 13.4. The second-order valence-corrected chi connectivity index (χ2v) is 4.73. The molecule has 3 N–H and O–H groups in total. The number of benzene rings is 1. The molecular formula is C12H12BrFN2O2. The van der Waals surface area contributed by atoms with Crippen molar-refractivity contribution in [1.82, 2.24) is 4.98 Å². The molecule has 1 atom stereocenters. The molecule has 96 valence electrons. The Bertz CT molecular complexity index is 565. The minimum Gasteiger partial charge on any atom is -0.394 e. The number of aliphatic hydroxyl groups excluding tert-OH is 2. The van der Waals surface area contributed by atoms with Crippen LogP contribution < -0.4 is 5.32 Å². The number of nitrogens with one attached hydrogen (secondary N) is 1. The number of hydrogen-bond acceptors (Lipinski definition) is 4. The first kappa shape index (κ1) is 13.2. The molecule has 0 saturated heterocycles. The van der Waals surface area contributed by atoms with E-state index in [1.54, 1.807) is 18.2 Å². The number of rotatable bonds is 4. The lowest BCUT2D eigenvalue weighted by molar-refractivity contribution is 0.105. The van der Waals surface area contributed by atoms with Gasteiger partial charge in [0.25, 0.3) is 0 Å². The fourth-order valence-corrected chi connectivity index (χ4v) is 1.86. The monoisotopic (exact) mass is 314 g/mol. The summed E-state index contributed by atoms with van der Waals surface area (Å²) < 4.78 is 13.8. The predicted octanol–water partition coefficient (Wildman–Crippen LogP) is 1.90. The zero-order valence-corrected chi connectivity index (χ0v) is 11.0. The Hall–Kier alpha value is -1.24. The van der Waals surface area contributed by atoms with E-state index in [0.717, 1.165) is 5.39 Å². The van der Waals surface area contributed by atoms with E-state index < -0.39 is 6.10 Å². The van der Waals surface area contributed by atoms with Gasteiger partial charge in [-0.15, -0.1) is 0 Å². The van der Waals surface area contributed by atoms with Crippen molar-refractivity contribution in [2.45, 2.75) is 6.10 Å². The third kappa shape index (κ3) is 2.95. The largest absolute Gasteiger partial charge is 0.394 e. The summed E-state index contributed by atoms with van der Waals surface area (Å²) in [4.78, 5) is 4.22. The fourth-order valence-electron chi connectivity index (χ4n) is 1.50. The van der Waals surface area contributed by atoms with E-state index in [9.17, 15) is 9.50 Å². The summed E-state index contributed by atoms with van der Waals surface area (Å²) in [6.45, 7) is -0.129. The van der Waals surface area contributed by atoms with Crippen LogP contribution in [0.15, 0.2) is 28.7 Å². The van der Waals surface area contributed by atoms with Crippen LogP contribution in [0.2, 0.25) is 0 Å². The summed E-state index contributed by atoms with van der Waals surface area (Å²) in [6.07, 6.45) is -0.843. The Morgan fingerprint density at radius 1 is 1.39 bits per heavy atom. The number of aromatic nitrogens is 1. The van der Waals surface area contributed by atoms with Crippen molar-refractivity contribution in [3.63, 3.8) is 0 Å². The van der Waals surface area contributed by atoms with E-state index in [2.05, 4.69) is 26.2 Å². The molecule has 0 aliphatic carbocycles. The zero-order valence-electron chi connectivity index (χ0n) is 9.40. The van der Waals surface area contributed by atoms with Gasteiger partial charge in [-0.25, -0.2) is 9.37 Å². The Balaban J connectivity index is 2.24. The van der Waals surface area contributed by atoms with Crippen LogP contribution in [-0.4, -0.2) is 34.5 Å². The van der Waals surface area contributed by atoms with Gasteiger partial charge < -0.3 is 15.5 Å². The van der Waals surface area contributed by atoms with Crippen LogP contribution in [0.1, 0.15) is 0 Å². The van der Waals surface area contributed by atoms with E-state index >= 15 is 0 Å². The molecule has 0 aliphatic rings. The molecule has 1 heterocycles. The minimum absolute atomic E-state index is 0.189. The summed E-state index contributed by atoms with van der Waals surface area (Å²) in [5, 5.41) is 21.6. The highest BCUT2D eigenvalue weighted by Gasteiger charge is 2.05. The number of pyridine rings is 1. The quantitative estimate of drug-likeness (QED) is 0.806. The number of halogens is 2. The Morgan fingerprint density at radius 2 is 2.17 bits per heavy atom. The lowest BCUT2D eigenvalue weighted by atomic mass is 10.2. The third-order valence-corrected chi connectivity index (χ3v) is 3.07. The molecule has 1 unspecified atom stereocenters. The van der Waals surface area contributed by atoms with Gasteiger partial charge in [0.05, 0.1) is 22.7 Å². The summed E-state index contributed by atoms with van der Waals surface area (Å²) in [5.41, 5.74) is 0.527. The lowest BCUT2D eigenvalue weighted by Gasteiger charge is -2.10. The Morgan fingerprint density at radius 3 is 2.89 bits per heavy atom. The van der Waals surface area contributed by atoms with Crippen molar-refractivity contribution in [2.24, 2.45) is 0 Å². The van der Waals surface area contributed by atoms with E-state index in [-0.39, 0.29) is 19.0 Å². The van der Waals surface area contributed by atoms with Crippen LogP contribution in [0.25, 0.3) is 10.9 Å². The number of hydrogen-bond donors (Lipinski definition) is 3. The van der Waals surface area contributed by atoms with Crippen LogP contribution in [0, 0.1) is 5.82 Å². The molecule has 18 heavy (non-hydrogen) atoms. The van der Waals surface area contributed by atoms with Gasteiger partial charge in [0.1, 0.15) is 11.6 Å². The smallest absolute Gasteiger partial charge is 0.139 e. The molecule has 0 bridgehead atoms. The Kier molecular flexibility index (Phi) is 4.11. The topological polar surface area (TPSA) is 65.4 Å². The van der Waals surface area contributed by atoms with Crippen molar-refractivity contribution in [3.8, 4) is 0 Å². The normalized spacial score (nSPS) is 12.7. The Labute approximate surface area is 112 Å². The van der Waals surface area contributed by atoms with Gasteiger partial charge in [0.2, 0.25) is 0 Å². The van der Waals surface area contributed by atoms with Gasteiger partial charge in [-0.3, -0.25) is 0 Å². The summed E-state index contributed by atoms with van der Waals surface area (Å²) in [5.74, 6) is 0.152. The number of fused-ring (bicyclic) bond motifs is 1. The molecule has 0 amide bonds. The second-order valence-electron chi connectivity index (χ2n) is 3.87. The van der Waals surface area contributed by atoms with Crippen LogP contribution in [0.4, 0.5) is 10.2 Å². The number of anilines is 1. The molecule has 0 spiro atoms. The summed E-state index contributed by atoms with van der Waals surface area (Å²) in [7, 11) is 0. The van der Waals surface area contributed by atoms with Gasteiger partial charge >= 0.3 is 0 Å². The second kappa shape index (κ2) is 5.60. The van der Waals surface area contributed by atoms with Crippen LogP contribution in [0.5, 0.6) is 0 Å². The highest BCUT2D eigenvalue weighted by Crippen LogP contribution is 2.23. The van der Waals surface area contributed by atoms with E-state index in [4.69, 9.17) is 5.11 Å². The molecule has 0 radical (unpaired) electrons. The summed E-state index contributed by atoms with van der Waals surface area (Å²) in [6, 6.07) is 6.54. The van der Waals surface area contributed by atoms with Crippen molar-refractivity contribution in [1.29, 1.82) is 0 Å². The molecule has 0 saturated carbocycles. The molecule has 4 nitrogen and oxygen atoms in total. The number of aliphatic hydroxyl groups is 2. The van der Waals surface area contributed by atoms with Gasteiger partial charge in [-0.05, 0) is 34.1 Å². The minimum atomic E-state index is -0.843. The van der Waals surface area contributed by atoms with E-state index in [1.807, 2.05) is 0 Å². The molecule has 0 fully saturated rings. The molecule has 0 aliphatic heterocycles. The molecule has 6 heteroatoms. The fraction of sp³-hybridized carbons (Fsp3) is 0.250. The van der Waals surface area contributed by atoms with Crippen LogP contribution in [-0.2, 0) is 0 Å². The number of nitrogens with zero attached hydrogens (tertiary/aromatic N) is 1. The highest BCUT2D eigenvalue weighted by molar-refractivity contribution is 9.10. The molecule has 1 aromatic heterocycles. The molecule has 2 rings (SSSR count). The van der Waals surface area contributed by atoms with Crippen molar-refractivity contribution >= 4 is 32.7 Å². The molecule has 2 aromatic rings. The van der Waals surface area contributed by atoms with E-state index in [0.29, 0.717) is 15.8 Å². The first-order valence-corrected chi connectivity index (χ1v) is 6.18. The van der Waals surface area contributed by atoms with Crippen molar-refractivity contribution < 1.29 is 14.6 Å². The van der Waals surface area contributed by atoms with Gasteiger partial charge in [0.15, 0.2) is 0 Å². The average molecular weight is 315 g/mol. The van der Waals surface area contributed by atoms with Gasteiger partial charge in [0, 0.05) is 18.0 Å². The molecular weight excluding hydrogens is 303 g/mol. The average Bonchev–Trinajstić information content (AvgIpc) is 2.37. The summed E-state index contributed by atoms with van der Waals surface area (Å²) >= 11 is 3.11. The van der Waals surface area contributed by atoms with Gasteiger partial charge in [-0.1, -0.05) is 0 Å². The third-order valence-electron chi connectivity index (χ3n) is 2.46. The first-order chi connectivity index (χ1) is 8.60. The van der Waals surface area contributed by atoms with Gasteiger partial charge in [-0.2, -0.15) is 0 Å².